The van der Waals surface area contributed by atoms with Crippen molar-refractivity contribution in [1.82, 2.24) is 24.9 Å². The van der Waals surface area contributed by atoms with Gasteiger partial charge in [0, 0.05) is 45.8 Å². The average Bonchev–Trinajstić information content (AvgIpc) is 2.92. The van der Waals surface area contributed by atoms with E-state index in [1.165, 1.54) is 0 Å². The fourth-order valence-corrected chi connectivity index (χ4v) is 2.59. The highest BCUT2D eigenvalue weighted by atomic mass is 16.2. The zero-order valence-electron chi connectivity index (χ0n) is 13.6. The van der Waals surface area contributed by atoms with E-state index in [4.69, 9.17) is 0 Å². The third kappa shape index (κ3) is 4.30. The Kier molecular flexibility index (Phi) is 5.54. The molecule has 1 atom stereocenters. The first-order valence-electron chi connectivity index (χ1n) is 7.74. The Bertz CT molecular complexity index is 520. The van der Waals surface area contributed by atoms with Gasteiger partial charge < -0.3 is 15.1 Å². The minimum absolute atomic E-state index is 0.0767. The second-order valence-corrected chi connectivity index (χ2v) is 5.79. The van der Waals surface area contributed by atoms with Crippen LogP contribution in [-0.4, -0.2) is 70.2 Å². The summed E-state index contributed by atoms with van der Waals surface area (Å²) in [4.78, 5) is 27.3. The highest BCUT2D eigenvalue weighted by Gasteiger charge is 2.25. The van der Waals surface area contributed by atoms with Crippen molar-refractivity contribution in [2.24, 2.45) is 0 Å². The minimum Gasteiger partial charge on any atom is -0.339 e. The number of hydrogen-bond acceptors (Lipinski definition) is 4. The molecule has 7 heteroatoms. The van der Waals surface area contributed by atoms with E-state index in [0.717, 1.165) is 12.1 Å². The van der Waals surface area contributed by atoms with Gasteiger partial charge in [-0.25, -0.2) is 0 Å². The van der Waals surface area contributed by atoms with Gasteiger partial charge in [-0.05, 0) is 19.4 Å². The standard InChI is InChI=1S/C15H25N5O2/c1-12-10-17-20(11-12)5-4-16-13(2)15(22)19-8-6-18(7-9-19)14(3)21/h10-11,13,16H,4-9H2,1-3H3/t13-/m0/s1. The molecule has 1 aromatic rings. The Morgan fingerprint density at radius 2 is 1.91 bits per heavy atom. The molecular weight excluding hydrogens is 282 g/mol. The lowest BCUT2D eigenvalue weighted by molar-refractivity contribution is -0.139. The van der Waals surface area contributed by atoms with Crippen LogP contribution in [0.3, 0.4) is 0 Å². The average molecular weight is 307 g/mol. The Hall–Kier alpha value is -1.89. The Morgan fingerprint density at radius 1 is 1.27 bits per heavy atom. The van der Waals surface area contributed by atoms with Crippen LogP contribution in [0.4, 0.5) is 0 Å². The zero-order chi connectivity index (χ0) is 16.1. The maximum Gasteiger partial charge on any atom is 0.239 e. The summed E-state index contributed by atoms with van der Waals surface area (Å²) in [6.07, 6.45) is 3.80. The molecule has 1 aliphatic rings. The molecule has 1 aliphatic heterocycles. The van der Waals surface area contributed by atoms with Gasteiger partial charge in [-0.15, -0.1) is 0 Å². The van der Waals surface area contributed by atoms with E-state index >= 15 is 0 Å². The highest BCUT2D eigenvalue weighted by Crippen LogP contribution is 2.04. The molecular formula is C15H25N5O2. The Balaban J connectivity index is 1.72. The van der Waals surface area contributed by atoms with Gasteiger partial charge in [0.05, 0.1) is 18.8 Å². The van der Waals surface area contributed by atoms with E-state index in [1.807, 2.05) is 35.8 Å². The second kappa shape index (κ2) is 7.40. The van der Waals surface area contributed by atoms with E-state index in [0.29, 0.717) is 32.7 Å². The van der Waals surface area contributed by atoms with Gasteiger partial charge in [0.1, 0.15) is 0 Å². The molecule has 0 saturated carbocycles. The van der Waals surface area contributed by atoms with E-state index in [2.05, 4.69) is 10.4 Å². The smallest absolute Gasteiger partial charge is 0.239 e. The summed E-state index contributed by atoms with van der Waals surface area (Å²) in [6.45, 7) is 9.37. The first-order chi connectivity index (χ1) is 10.5. The molecule has 1 fully saturated rings. The van der Waals surface area contributed by atoms with Crippen molar-refractivity contribution in [2.75, 3.05) is 32.7 Å². The Labute approximate surface area is 131 Å². The molecule has 0 bridgehead atoms. The normalized spacial score (nSPS) is 16.7. The molecule has 2 rings (SSSR count). The van der Waals surface area contributed by atoms with Crippen molar-refractivity contribution in [2.45, 2.75) is 33.4 Å². The molecule has 0 spiro atoms. The number of piperazine rings is 1. The van der Waals surface area contributed by atoms with Crippen LogP contribution in [0.5, 0.6) is 0 Å². The first-order valence-corrected chi connectivity index (χ1v) is 7.74. The zero-order valence-corrected chi connectivity index (χ0v) is 13.6. The molecule has 0 aliphatic carbocycles. The number of aryl methyl sites for hydroxylation is 1. The van der Waals surface area contributed by atoms with Crippen LogP contribution in [0.15, 0.2) is 12.4 Å². The number of aromatic nitrogens is 2. The van der Waals surface area contributed by atoms with Crippen molar-refractivity contribution in [3.63, 3.8) is 0 Å². The largest absolute Gasteiger partial charge is 0.339 e. The fourth-order valence-electron chi connectivity index (χ4n) is 2.59. The van der Waals surface area contributed by atoms with Crippen molar-refractivity contribution >= 4 is 11.8 Å². The number of carbonyl (C=O) groups is 2. The lowest BCUT2D eigenvalue weighted by Crippen LogP contribution is -2.54. The van der Waals surface area contributed by atoms with E-state index in [9.17, 15) is 9.59 Å². The maximum atomic E-state index is 12.4. The molecule has 1 N–H and O–H groups in total. The van der Waals surface area contributed by atoms with Crippen LogP contribution >= 0.6 is 0 Å². The Morgan fingerprint density at radius 3 is 2.45 bits per heavy atom. The summed E-state index contributed by atoms with van der Waals surface area (Å²) in [5.41, 5.74) is 1.13. The molecule has 1 saturated heterocycles. The summed E-state index contributed by atoms with van der Waals surface area (Å²) < 4.78 is 1.87. The summed E-state index contributed by atoms with van der Waals surface area (Å²) in [6, 6.07) is -0.222. The third-order valence-corrected chi connectivity index (χ3v) is 3.96. The molecule has 0 radical (unpaired) electrons. The summed E-state index contributed by atoms with van der Waals surface area (Å²) in [7, 11) is 0. The molecule has 0 aromatic carbocycles. The number of nitrogens with one attached hydrogen (secondary N) is 1. The van der Waals surface area contributed by atoms with Gasteiger partial charge in [-0.2, -0.15) is 5.10 Å². The molecule has 2 heterocycles. The minimum atomic E-state index is -0.222. The van der Waals surface area contributed by atoms with Crippen LogP contribution < -0.4 is 5.32 Å². The summed E-state index contributed by atoms with van der Waals surface area (Å²) in [5.74, 6) is 0.174. The van der Waals surface area contributed by atoms with Crippen LogP contribution in [0.1, 0.15) is 19.4 Å². The molecule has 7 nitrogen and oxygen atoms in total. The van der Waals surface area contributed by atoms with Gasteiger partial charge in [-0.1, -0.05) is 0 Å². The lowest BCUT2D eigenvalue weighted by atomic mass is 10.2. The molecule has 1 aromatic heterocycles. The van der Waals surface area contributed by atoms with Gasteiger partial charge in [0.25, 0.3) is 0 Å². The molecule has 22 heavy (non-hydrogen) atoms. The lowest BCUT2D eigenvalue weighted by Gasteiger charge is -2.35. The summed E-state index contributed by atoms with van der Waals surface area (Å²) >= 11 is 0. The van der Waals surface area contributed by atoms with E-state index in [-0.39, 0.29) is 17.9 Å². The van der Waals surface area contributed by atoms with Crippen molar-refractivity contribution in [1.29, 1.82) is 0 Å². The summed E-state index contributed by atoms with van der Waals surface area (Å²) in [5, 5.41) is 7.45. The molecule has 122 valence electrons. The van der Waals surface area contributed by atoms with Crippen LogP contribution in [0.2, 0.25) is 0 Å². The number of hydrogen-bond donors (Lipinski definition) is 1. The van der Waals surface area contributed by atoms with Gasteiger partial charge in [-0.3, -0.25) is 14.3 Å². The topological polar surface area (TPSA) is 70.5 Å². The van der Waals surface area contributed by atoms with Gasteiger partial charge in [0.15, 0.2) is 0 Å². The first kappa shape index (κ1) is 16.5. The highest BCUT2D eigenvalue weighted by molar-refractivity contribution is 5.82. The molecule has 0 unspecified atom stereocenters. The van der Waals surface area contributed by atoms with Gasteiger partial charge >= 0.3 is 0 Å². The predicted molar refractivity (Wildman–Crippen MR) is 83.3 cm³/mol. The van der Waals surface area contributed by atoms with Crippen LogP contribution in [-0.2, 0) is 16.1 Å². The van der Waals surface area contributed by atoms with Crippen LogP contribution in [0, 0.1) is 6.92 Å². The third-order valence-electron chi connectivity index (χ3n) is 3.96. The van der Waals surface area contributed by atoms with Crippen LogP contribution in [0.25, 0.3) is 0 Å². The second-order valence-electron chi connectivity index (χ2n) is 5.79. The number of rotatable bonds is 5. The van der Waals surface area contributed by atoms with E-state index < -0.39 is 0 Å². The quantitative estimate of drug-likeness (QED) is 0.822. The monoisotopic (exact) mass is 307 g/mol. The number of amides is 2. The number of nitrogens with zero attached hydrogens (tertiary/aromatic N) is 4. The van der Waals surface area contributed by atoms with E-state index in [1.54, 1.807) is 11.8 Å². The predicted octanol–water partition coefficient (Wildman–Crippen LogP) is -0.140. The fraction of sp³-hybridized carbons (Fsp3) is 0.667. The number of carbonyl (C=O) groups excluding carboxylic acids is 2. The molecule has 2 amide bonds. The maximum absolute atomic E-state index is 12.4. The van der Waals surface area contributed by atoms with Crippen molar-refractivity contribution in [3.05, 3.63) is 18.0 Å². The van der Waals surface area contributed by atoms with Crippen molar-refractivity contribution < 1.29 is 9.59 Å². The van der Waals surface area contributed by atoms with Crippen molar-refractivity contribution in [3.8, 4) is 0 Å². The van der Waals surface area contributed by atoms with Gasteiger partial charge in [0.2, 0.25) is 11.8 Å². The SMILES string of the molecule is CC(=O)N1CCN(C(=O)[C@H](C)NCCn2cc(C)cn2)CC1.